The van der Waals surface area contributed by atoms with Crippen LogP contribution in [0.5, 0.6) is 0 Å². The minimum Gasteiger partial charge on any atom is -0.305 e. The minimum atomic E-state index is 0.0152. The van der Waals surface area contributed by atoms with Crippen molar-refractivity contribution in [3.05, 3.63) is 16.6 Å². The molecule has 1 aliphatic carbocycles. The number of hydrogen-bond donors (Lipinski definition) is 1. The lowest BCUT2D eigenvalue weighted by Crippen LogP contribution is -2.38. The van der Waals surface area contributed by atoms with Gasteiger partial charge >= 0.3 is 0 Å². The fourth-order valence-electron chi connectivity index (χ4n) is 2.43. The molecule has 0 amide bonds. The van der Waals surface area contributed by atoms with E-state index in [1.54, 1.807) is 11.3 Å². The first-order valence-electron chi connectivity index (χ1n) is 6.95. The highest BCUT2D eigenvalue weighted by atomic mass is 32.2. The van der Waals surface area contributed by atoms with E-state index < -0.39 is 0 Å². The third-order valence-electron chi connectivity index (χ3n) is 3.54. The van der Waals surface area contributed by atoms with Crippen LogP contribution in [0.2, 0.25) is 0 Å². The Morgan fingerprint density at radius 2 is 2.17 bits per heavy atom. The van der Waals surface area contributed by atoms with Gasteiger partial charge in [-0.2, -0.15) is 11.8 Å². The van der Waals surface area contributed by atoms with Crippen molar-refractivity contribution in [3.63, 3.8) is 0 Å². The Morgan fingerprint density at radius 1 is 1.39 bits per heavy atom. The smallest absolute Gasteiger partial charge is 0.112 e. The molecule has 0 radical (unpaired) electrons. The topological polar surface area (TPSA) is 24.9 Å². The molecule has 1 saturated carbocycles. The first-order chi connectivity index (χ1) is 8.68. The molecule has 4 heteroatoms. The average molecular weight is 284 g/mol. The van der Waals surface area contributed by atoms with Crippen LogP contribution >= 0.6 is 23.1 Å². The van der Waals surface area contributed by atoms with Crippen LogP contribution < -0.4 is 5.32 Å². The zero-order chi connectivity index (χ0) is 12.8. The van der Waals surface area contributed by atoms with Gasteiger partial charge in [0.25, 0.3) is 0 Å². The summed E-state index contributed by atoms with van der Waals surface area (Å²) in [6.45, 7) is 5.52. The van der Waals surface area contributed by atoms with Gasteiger partial charge in [-0.15, -0.1) is 11.3 Å². The molecule has 0 saturated heterocycles. The summed E-state index contributed by atoms with van der Waals surface area (Å²) >= 11 is 3.89. The maximum atomic E-state index is 4.41. The minimum absolute atomic E-state index is 0.0152. The molecule has 1 N–H and O–H groups in total. The van der Waals surface area contributed by atoms with Crippen molar-refractivity contribution in [2.24, 2.45) is 0 Å². The van der Waals surface area contributed by atoms with Gasteiger partial charge in [-0.1, -0.05) is 19.3 Å². The Hall–Kier alpha value is -0.0600. The molecule has 18 heavy (non-hydrogen) atoms. The van der Waals surface area contributed by atoms with Crippen LogP contribution in [0.15, 0.2) is 11.6 Å². The lowest BCUT2D eigenvalue weighted by Gasteiger charge is -2.25. The molecule has 0 spiro atoms. The Morgan fingerprint density at radius 3 is 2.83 bits per heavy atom. The first-order valence-corrected chi connectivity index (χ1v) is 8.88. The lowest BCUT2D eigenvalue weighted by atomic mass is 10.0. The van der Waals surface area contributed by atoms with E-state index in [-0.39, 0.29) is 5.54 Å². The zero-order valence-electron chi connectivity index (χ0n) is 11.4. The molecule has 2 rings (SSSR count). The molecule has 1 aliphatic rings. The van der Waals surface area contributed by atoms with Crippen molar-refractivity contribution in [1.82, 2.24) is 10.3 Å². The van der Waals surface area contributed by atoms with Gasteiger partial charge in [0.05, 0.1) is 5.54 Å². The van der Waals surface area contributed by atoms with E-state index in [1.807, 2.05) is 6.20 Å². The van der Waals surface area contributed by atoms with Crippen LogP contribution in [0.3, 0.4) is 0 Å². The summed E-state index contributed by atoms with van der Waals surface area (Å²) < 4.78 is 0. The second kappa shape index (κ2) is 6.92. The molecule has 0 aliphatic heterocycles. The van der Waals surface area contributed by atoms with Crippen LogP contribution in [0.1, 0.15) is 51.0 Å². The van der Waals surface area contributed by atoms with E-state index in [1.165, 1.54) is 42.9 Å². The number of hydrogen-bond acceptors (Lipinski definition) is 4. The van der Waals surface area contributed by atoms with E-state index in [9.17, 15) is 0 Å². The van der Waals surface area contributed by atoms with Crippen LogP contribution in [0, 0.1) is 0 Å². The molecule has 0 aromatic carbocycles. The maximum Gasteiger partial charge on any atom is 0.112 e. The van der Waals surface area contributed by atoms with Crippen LogP contribution in [-0.2, 0) is 5.54 Å². The van der Waals surface area contributed by atoms with Crippen LogP contribution in [0.25, 0.3) is 0 Å². The van der Waals surface area contributed by atoms with Gasteiger partial charge in [-0.3, -0.25) is 0 Å². The van der Waals surface area contributed by atoms with Gasteiger partial charge < -0.3 is 5.32 Å². The van der Waals surface area contributed by atoms with E-state index in [4.69, 9.17) is 0 Å². The predicted octanol–water partition coefficient (Wildman–Crippen LogP) is 4.03. The molecule has 0 bridgehead atoms. The molecular formula is C14H24N2S2. The third kappa shape index (κ3) is 4.25. The Bertz CT molecular complexity index is 330. The summed E-state index contributed by atoms with van der Waals surface area (Å²) in [5.74, 6) is 1.22. The highest BCUT2D eigenvalue weighted by Crippen LogP contribution is 2.28. The molecule has 2 nitrogen and oxygen atoms in total. The molecule has 0 atom stereocenters. The molecular weight excluding hydrogens is 260 g/mol. The van der Waals surface area contributed by atoms with E-state index in [0.29, 0.717) is 0 Å². The average Bonchev–Trinajstić information content (AvgIpc) is 2.91. The van der Waals surface area contributed by atoms with Gasteiger partial charge in [-0.05, 0) is 26.7 Å². The fraction of sp³-hybridized carbons (Fsp3) is 0.786. The quantitative estimate of drug-likeness (QED) is 0.798. The maximum absolute atomic E-state index is 4.41. The molecule has 0 unspecified atom stereocenters. The normalized spacial score (nSPS) is 18.1. The second-order valence-corrected chi connectivity index (χ2v) is 7.82. The summed E-state index contributed by atoms with van der Waals surface area (Å²) in [7, 11) is 0. The van der Waals surface area contributed by atoms with Gasteiger partial charge in [0.2, 0.25) is 0 Å². The van der Waals surface area contributed by atoms with E-state index >= 15 is 0 Å². The zero-order valence-corrected chi connectivity index (χ0v) is 13.1. The summed E-state index contributed by atoms with van der Waals surface area (Å²) in [6.07, 6.45) is 9.08. The molecule has 1 heterocycles. The molecule has 1 aromatic heterocycles. The largest absolute Gasteiger partial charge is 0.305 e. The standard InChI is InChI=1S/C14H24N2S2/c1-14(2,13-15-8-10-18-13)16-9-11-17-12-6-4-3-5-7-12/h8,10,12,16H,3-7,9,11H2,1-2H3. The van der Waals surface area contributed by atoms with Crippen molar-refractivity contribution < 1.29 is 0 Å². The molecule has 1 aromatic rings. The van der Waals surface area contributed by atoms with Crippen molar-refractivity contribution in [2.45, 2.75) is 56.7 Å². The highest BCUT2D eigenvalue weighted by molar-refractivity contribution is 7.99. The second-order valence-electron chi connectivity index (χ2n) is 5.52. The lowest BCUT2D eigenvalue weighted by molar-refractivity contribution is 0.415. The Labute approximate surface area is 119 Å². The van der Waals surface area contributed by atoms with Crippen LogP contribution in [-0.4, -0.2) is 22.5 Å². The number of thioether (sulfide) groups is 1. The molecule has 1 fully saturated rings. The van der Waals surface area contributed by atoms with Gasteiger partial charge in [-0.25, -0.2) is 4.98 Å². The third-order valence-corrected chi connectivity index (χ3v) is 6.02. The van der Waals surface area contributed by atoms with E-state index in [0.717, 1.165) is 11.8 Å². The number of nitrogens with zero attached hydrogens (tertiary/aromatic N) is 1. The Balaban J connectivity index is 1.65. The summed E-state index contributed by atoms with van der Waals surface area (Å²) in [4.78, 5) is 4.41. The van der Waals surface area contributed by atoms with Crippen molar-refractivity contribution in [1.29, 1.82) is 0 Å². The molecule has 102 valence electrons. The van der Waals surface area contributed by atoms with Crippen LogP contribution in [0.4, 0.5) is 0 Å². The van der Waals surface area contributed by atoms with Gasteiger partial charge in [0, 0.05) is 29.1 Å². The summed E-state index contributed by atoms with van der Waals surface area (Å²) in [5.41, 5.74) is 0.0152. The SMILES string of the molecule is CC(C)(NCCSC1CCCCC1)c1nccs1. The van der Waals surface area contributed by atoms with Crippen molar-refractivity contribution in [2.75, 3.05) is 12.3 Å². The predicted molar refractivity (Wildman–Crippen MR) is 82.5 cm³/mol. The monoisotopic (exact) mass is 284 g/mol. The van der Waals surface area contributed by atoms with Crippen molar-refractivity contribution in [3.8, 4) is 0 Å². The first kappa shape index (κ1) is 14.4. The summed E-state index contributed by atoms with van der Waals surface area (Å²) in [6, 6.07) is 0. The van der Waals surface area contributed by atoms with Crippen molar-refractivity contribution >= 4 is 23.1 Å². The highest BCUT2D eigenvalue weighted by Gasteiger charge is 2.22. The van der Waals surface area contributed by atoms with E-state index in [2.05, 4.69) is 41.3 Å². The van der Waals surface area contributed by atoms with Gasteiger partial charge in [0.15, 0.2) is 0 Å². The Kier molecular flexibility index (Phi) is 5.52. The number of aromatic nitrogens is 1. The van der Waals surface area contributed by atoms with Gasteiger partial charge in [0.1, 0.15) is 5.01 Å². The number of rotatable bonds is 6. The summed E-state index contributed by atoms with van der Waals surface area (Å²) in [5, 5.41) is 7.78. The fourth-order valence-corrected chi connectivity index (χ4v) is 4.39. The number of nitrogens with one attached hydrogen (secondary N) is 1. The number of thiazole rings is 1.